The lowest BCUT2D eigenvalue weighted by atomic mass is 9.72. The van der Waals surface area contributed by atoms with Gasteiger partial charge in [-0.25, -0.2) is 0 Å². The summed E-state index contributed by atoms with van der Waals surface area (Å²) < 4.78 is 100. The van der Waals surface area contributed by atoms with Gasteiger partial charge in [0, 0.05) is 67.0 Å². The number of hydrogen-bond acceptors (Lipinski definition) is 2. The van der Waals surface area contributed by atoms with E-state index in [4.69, 9.17) is 0 Å². The minimum absolute atomic E-state index is 0.349. The van der Waals surface area contributed by atoms with Crippen LogP contribution in [0.5, 0.6) is 0 Å². The van der Waals surface area contributed by atoms with Crippen molar-refractivity contribution >= 4 is 89.9 Å². The Morgan fingerprint density at radius 1 is 0.312 bits per heavy atom. The van der Waals surface area contributed by atoms with Crippen molar-refractivity contribution in [2.24, 2.45) is 0 Å². The van der Waals surface area contributed by atoms with Crippen LogP contribution in [0.25, 0.3) is 67.1 Å². The Morgan fingerprint density at radius 2 is 0.610 bits per heavy atom. The minimum atomic E-state index is -5.83. The molecule has 0 spiro atoms. The van der Waals surface area contributed by atoms with Crippen LogP contribution in [-0.2, 0) is 5.41 Å². The number of benzene rings is 10. The third-order valence-corrected chi connectivity index (χ3v) is 14.6. The van der Waals surface area contributed by atoms with Gasteiger partial charge in [0.2, 0.25) is 5.41 Å². The van der Waals surface area contributed by atoms with E-state index in [1.165, 1.54) is 24.3 Å². The van der Waals surface area contributed by atoms with E-state index in [1.54, 1.807) is 12.2 Å². The number of para-hydroxylation sites is 4. The Labute approximate surface area is 440 Å². The van der Waals surface area contributed by atoms with Crippen LogP contribution in [0, 0.1) is 0 Å². The monoisotopic (exact) mass is 1020 g/mol. The summed E-state index contributed by atoms with van der Waals surface area (Å²) in [5.41, 5.74) is 4.26. The first-order chi connectivity index (χ1) is 37.4. The van der Waals surface area contributed by atoms with E-state index in [9.17, 15) is 0 Å². The number of rotatable bonds is 12. The second-order valence-corrected chi connectivity index (χ2v) is 18.9. The van der Waals surface area contributed by atoms with Crippen LogP contribution < -0.4 is 9.80 Å². The summed E-state index contributed by atoms with van der Waals surface area (Å²) in [6.45, 7) is 7.76. The number of halogens is 6. The maximum absolute atomic E-state index is 16.0. The molecule has 0 aliphatic carbocycles. The van der Waals surface area contributed by atoms with Crippen molar-refractivity contribution in [2.75, 3.05) is 9.80 Å². The summed E-state index contributed by atoms with van der Waals surface area (Å²) in [6.07, 6.45) is -8.27. The first-order valence-electron chi connectivity index (χ1n) is 24.9. The molecule has 376 valence electrons. The standard InChI is InChI=1S/C67H46F6N4/c1-3-45-23-31-51(32-24-45)74(55-39-41-63-59(43-55)57-19-11-13-21-61(57)76(63)49-15-7-5-8-16-49)53-35-27-47(28-36-53)65(66(68,69)70,67(71,72)73)48-29-37-54(38-30-48)75(52-33-25-46(4-2)26-34-52)56-40-42-64-60(44-56)58-20-12-14-22-62(58)77(64)50-17-9-6-10-18-50/h3-44H,1-2H2. The van der Waals surface area contributed by atoms with Crippen molar-refractivity contribution in [1.29, 1.82) is 0 Å². The minimum Gasteiger partial charge on any atom is -0.310 e. The average Bonchev–Trinajstić information content (AvgIpc) is 4.13. The van der Waals surface area contributed by atoms with Crippen LogP contribution in [0.3, 0.4) is 0 Å². The van der Waals surface area contributed by atoms with Gasteiger partial charge in [-0.2, -0.15) is 26.3 Å². The molecule has 4 nitrogen and oxygen atoms in total. The lowest BCUT2D eigenvalue weighted by Crippen LogP contribution is -2.54. The number of fused-ring (bicyclic) bond motifs is 6. The molecule has 0 amide bonds. The van der Waals surface area contributed by atoms with Crippen molar-refractivity contribution in [3.8, 4) is 11.4 Å². The Morgan fingerprint density at radius 3 is 0.948 bits per heavy atom. The van der Waals surface area contributed by atoms with Gasteiger partial charge in [-0.3, -0.25) is 0 Å². The van der Waals surface area contributed by atoms with Crippen molar-refractivity contribution in [3.63, 3.8) is 0 Å². The zero-order chi connectivity index (χ0) is 53.1. The highest BCUT2D eigenvalue weighted by atomic mass is 19.4. The van der Waals surface area contributed by atoms with Gasteiger partial charge in [0.05, 0.1) is 22.1 Å². The number of alkyl halides is 6. The smallest absolute Gasteiger partial charge is 0.310 e. The van der Waals surface area contributed by atoms with Crippen molar-refractivity contribution in [2.45, 2.75) is 17.8 Å². The number of hydrogen-bond donors (Lipinski definition) is 0. The molecule has 0 fully saturated rings. The van der Waals surface area contributed by atoms with Gasteiger partial charge in [0.1, 0.15) is 0 Å². The SMILES string of the molecule is C=Cc1ccc(N(c2ccc(C(c3ccc(N(c4ccc(C=C)cc4)c4ccc5c(c4)c4ccccc4n5-c4ccccc4)cc3)(C(F)(F)F)C(F)(F)F)cc2)c2ccc3c(c2)c2ccccc2n3-c2ccccc2)cc1. The highest BCUT2D eigenvalue weighted by molar-refractivity contribution is 6.12. The summed E-state index contributed by atoms with van der Waals surface area (Å²) >= 11 is 0. The largest absolute Gasteiger partial charge is 0.411 e. The van der Waals surface area contributed by atoms with Gasteiger partial charge in [-0.15, -0.1) is 0 Å². The Hall–Kier alpha value is -9.54. The molecule has 12 rings (SSSR count). The Kier molecular flexibility index (Phi) is 11.9. The quantitative estimate of drug-likeness (QED) is 0.113. The van der Waals surface area contributed by atoms with E-state index in [1.807, 2.05) is 204 Å². The first-order valence-corrected chi connectivity index (χ1v) is 24.9. The molecule has 0 unspecified atom stereocenters. The van der Waals surface area contributed by atoms with Crippen LogP contribution in [0.15, 0.2) is 256 Å². The summed E-state index contributed by atoms with van der Waals surface area (Å²) in [5.74, 6) is 0. The molecule has 0 aliphatic rings. The molecular weight excluding hydrogens is 975 g/mol. The summed E-state index contributed by atoms with van der Waals surface area (Å²) in [7, 11) is 0. The maximum Gasteiger partial charge on any atom is 0.411 e. The van der Waals surface area contributed by atoms with Crippen molar-refractivity contribution < 1.29 is 26.3 Å². The first kappa shape index (κ1) is 48.4. The van der Waals surface area contributed by atoms with Crippen LogP contribution in [-0.4, -0.2) is 21.5 Å². The number of aromatic nitrogens is 2. The predicted molar refractivity (Wildman–Crippen MR) is 304 cm³/mol. The molecule has 2 aromatic heterocycles. The third kappa shape index (κ3) is 8.12. The fourth-order valence-electron chi connectivity index (χ4n) is 11.0. The zero-order valence-electron chi connectivity index (χ0n) is 41.2. The van der Waals surface area contributed by atoms with E-state index in [-0.39, 0.29) is 0 Å². The summed E-state index contributed by atoms with van der Waals surface area (Å²) in [4.78, 5) is 3.66. The Balaban J connectivity index is 0.974. The van der Waals surface area contributed by atoms with Crippen molar-refractivity contribution in [1.82, 2.24) is 9.13 Å². The van der Waals surface area contributed by atoms with Gasteiger partial charge in [-0.1, -0.05) is 147 Å². The molecule has 77 heavy (non-hydrogen) atoms. The molecule has 2 heterocycles. The van der Waals surface area contributed by atoms with E-state index in [0.29, 0.717) is 34.1 Å². The van der Waals surface area contributed by atoms with Gasteiger partial charge in [-0.05, 0) is 144 Å². The normalized spacial score (nSPS) is 12.1. The second kappa shape index (κ2) is 19.0. The molecule has 0 saturated heterocycles. The molecule has 0 aliphatic heterocycles. The molecule has 10 aromatic carbocycles. The molecule has 12 aromatic rings. The van der Waals surface area contributed by atoms with Crippen molar-refractivity contribution in [3.05, 3.63) is 278 Å². The number of nitrogens with zero attached hydrogens (tertiary/aromatic N) is 4. The summed E-state index contributed by atoms with van der Waals surface area (Å²) in [6, 6.07) is 71.6. The fourth-order valence-corrected chi connectivity index (χ4v) is 11.0. The van der Waals surface area contributed by atoms with Crippen LogP contribution >= 0.6 is 0 Å². The van der Waals surface area contributed by atoms with E-state index < -0.39 is 28.9 Å². The zero-order valence-corrected chi connectivity index (χ0v) is 41.2. The molecule has 0 saturated carbocycles. The van der Waals surface area contributed by atoms with Gasteiger partial charge in [0.25, 0.3) is 0 Å². The maximum atomic E-state index is 16.0. The highest BCUT2D eigenvalue weighted by Crippen LogP contribution is 2.57. The lowest BCUT2D eigenvalue weighted by Gasteiger charge is -2.39. The van der Waals surface area contributed by atoms with Gasteiger partial charge < -0.3 is 18.9 Å². The van der Waals surface area contributed by atoms with E-state index in [2.05, 4.69) is 22.3 Å². The van der Waals surface area contributed by atoms with Crippen LogP contribution in [0.4, 0.5) is 60.5 Å². The van der Waals surface area contributed by atoms with Gasteiger partial charge in [0.15, 0.2) is 0 Å². The van der Waals surface area contributed by atoms with E-state index >= 15 is 26.3 Å². The predicted octanol–water partition coefficient (Wildman–Crippen LogP) is 19.5. The molecule has 10 heteroatoms. The fraction of sp³-hybridized carbons (Fsp3) is 0.0448. The van der Waals surface area contributed by atoms with Crippen LogP contribution in [0.1, 0.15) is 22.3 Å². The average molecular weight is 1020 g/mol. The molecule has 0 atom stereocenters. The molecule has 0 bridgehead atoms. The Bertz CT molecular complexity index is 3870. The molecule has 0 N–H and O–H groups in total. The molecule has 0 radical (unpaired) electrons. The lowest BCUT2D eigenvalue weighted by molar-refractivity contribution is -0.288. The second-order valence-electron chi connectivity index (χ2n) is 18.9. The number of anilines is 6. The van der Waals surface area contributed by atoms with Crippen LogP contribution in [0.2, 0.25) is 0 Å². The molecular formula is C67H46F6N4. The topological polar surface area (TPSA) is 16.3 Å². The summed E-state index contributed by atoms with van der Waals surface area (Å²) in [5, 5.41) is 3.76. The third-order valence-electron chi connectivity index (χ3n) is 14.6. The van der Waals surface area contributed by atoms with Gasteiger partial charge >= 0.3 is 12.4 Å². The highest BCUT2D eigenvalue weighted by Gasteiger charge is 2.72. The van der Waals surface area contributed by atoms with E-state index in [0.717, 1.165) is 90.4 Å².